The second kappa shape index (κ2) is 6.33. The Hall–Kier alpha value is -1.78. The number of rotatable bonds is 3. The molecule has 1 aromatic heterocycles. The first-order valence-electron chi connectivity index (χ1n) is 7.35. The summed E-state index contributed by atoms with van der Waals surface area (Å²) in [5.41, 5.74) is 3.32. The minimum Gasteiger partial charge on any atom is -0.314 e. The normalized spacial score (nSPS) is 19.6. The van der Waals surface area contributed by atoms with Gasteiger partial charge in [-0.3, -0.25) is 9.88 Å². The smallest absolute Gasteiger partial charge is 0.123 e. The number of aryl methyl sites for hydroxylation is 1. The van der Waals surface area contributed by atoms with Crippen LogP contribution in [0.25, 0.3) is 0 Å². The van der Waals surface area contributed by atoms with E-state index >= 15 is 0 Å². The summed E-state index contributed by atoms with van der Waals surface area (Å²) >= 11 is 0. The predicted octanol–water partition coefficient (Wildman–Crippen LogP) is 2.68. The van der Waals surface area contributed by atoms with Crippen LogP contribution in [-0.4, -0.2) is 29.5 Å². The number of nitrogens with one attached hydrogen (secondary N) is 1. The summed E-state index contributed by atoms with van der Waals surface area (Å²) in [6.45, 7) is 5.63. The maximum atomic E-state index is 13.5. The van der Waals surface area contributed by atoms with Gasteiger partial charge in [-0.1, -0.05) is 18.2 Å². The minimum absolute atomic E-state index is 0.174. The van der Waals surface area contributed by atoms with Crippen LogP contribution in [0.2, 0.25) is 0 Å². The van der Waals surface area contributed by atoms with E-state index in [2.05, 4.69) is 28.2 Å². The van der Waals surface area contributed by atoms with Crippen LogP contribution in [0.5, 0.6) is 0 Å². The van der Waals surface area contributed by atoms with Gasteiger partial charge in [-0.25, -0.2) is 4.39 Å². The molecule has 0 saturated carbocycles. The number of pyridine rings is 1. The van der Waals surface area contributed by atoms with Gasteiger partial charge in [0.1, 0.15) is 5.82 Å². The van der Waals surface area contributed by atoms with Gasteiger partial charge in [-0.15, -0.1) is 0 Å². The average molecular weight is 285 g/mol. The summed E-state index contributed by atoms with van der Waals surface area (Å²) in [6.07, 6.45) is 1.84. The lowest BCUT2D eigenvalue weighted by atomic mass is 10.0. The van der Waals surface area contributed by atoms with E-state index in [1.807, 2.05) is 18.3 Å². The van der Waals surface area contributed by atoms with E-state index in [0.29, 0.717) is 0 Å². The van der Waals surface area contributed by atoms with Crippen molar-refractivity contribution in [3.63, 3.8) is 0 Å². The van der Waals surface area contributed by atoms with Gasteiger partial charge >= 0.3 is 0 Å². The molecule has 21 heavy (non-hydrogen) atoms. The fraction of sp³-hybridized carbons (Fsp3) is 0.353. The summed E-state index contributed by atoms with van der Waals surface area (Å²) in [5.74, 6) is -0.174. The molecule has 1 saturated heterocycles. The highest BCUT2D eigenvalue weighted by molar-refractivity contribution is 5.23. The van der Waals surface area contributed by atoms with Gasteiger partial charge in [-0.2, -0.15) is 0 Å². The highest BCUT2D eigenvalue weighted by Crippen LogP contribution is 2.24. The molecule has 0 aliphatic carbocycles. The summed E-state index contributed by atoms with van der Waals surface area (Å²) < 4.78 is 13.5. The molecule has 0 amide bonds. The molecule has 1 aliphatic heterocycles. The monoisotopic (exact) mass is 285 g/mol. The summed E-state index contributed by atoms with van der Waals surface area (Å²) in [4.78, 5) is 6.86. The van der Waals surface area contributed by atoms with Crippen molar-refractivity contribution in [1.82, 2.24) is 15.2 Å². The summed E-state index contributed by atoms with van der Waals surface area (Å²) in [7, 11) is 0. The molecule has 1 unspecified atom stereocenters. The third-order valence-electron chi connectivity index (χ3n) is 4.06. The van der Waals surface area contributed by atoms with Crippen molar-refractivity contribution in [1.29, 1.82) is 0 Å². The van der Waals surface area contributed by atoms with Crippen molar-refractivity contribution in [3.05, 3.63) is 65.2 Å². The average Bonchev–Trinajstić information content (AvgIpc) is 2.50. The predicted molar refractivity (Wildman–Crippen MR) is 81.4 cm³/mol. The molecule has 3 rings (SSSR count). The first kappa shape index (κ1) is 14.2. The molecular weight excluding hydrogens is 265 g/mol. The van der Waals surface area contributed by atoms with Gasteiger partial charge in [0.2, 0.25) is 0 Å². The molecule has 2 heterocycles. The molecule has 1 atom stereocenters. The summed E-state index contributed by atoms with van der Waals surface area (Å²) in [6, 6.07) is 11.1. The van der Waals surface area contributed by atoms with E-state index in [1.54, 1.807) is 12.1 Å². The third-order valence-corrected chi connectivity index (χ3v) is 4.06. The van der Waals surface area contributed by atoms with Crippen LogP contribution in [0, 0.1) is 12.7 Å². The number of hydrogen-bond acceptors (Lipinski definition) is 3. The van der Waals surface area contributed by atoms with E-state index in [4.69, 9.17) is 0 Å². The standard InChI is InChI=1S/C17H20FN3/c1-13-4-3-7-20-16(13)12-21-9-8-19-11-17(21)14-5-2-6-15(18)10-14/h2-7,10,17,19H,8-9,11-12H2,1H3. The van der Waals surface area contributed by atoms with Gasteiger partial charge in [0.25, 0.3) is 0 Å². The second-order valence-corrected chi connectivity index (χ2v) is 5.51. The van der Waals surface area contributed by atoms with Crippen LogP contribution in [0.1, 0.15) is 22.9 Å². The molecule has 0 spiro atoms. The van der Waals surface area contributed by atoms with Gasteiger partial charge in [0.05, 0.1) is 5.69 Å². The van der Waals surface area contributed by atoms with Crippen molar-refractivity contribution in [3.8, 4) is 0 Å². The largest absolute Gasteiger partial charge is 0.314 e. The van der Waals surface area contributed by atoms with Crippen LogP contribution in [0.3, 0.4) is 0 Å². The third kappa shape index (κ3) is 3.28. The van der Waals surface area contributed by atoms with Crippen LogP contribution < -0.4 is 5.32 Å². The lowest BCUT2D eigenvalue weighted by Gasteiger charge is -2.36. The highest BCUT2D eigenvalue weighted by atomic mass is 19.1. The van der Waals surface area contributed by atoms with E-state index < -0.39 is 0 Å². The Bertz CT molecular complexity index is 614. The number of aromatic nitrogens is 1. The molecule has 1 aliphatic rings. The lowest BCUT2D eigenvalue weighted by molar-refractivity contribution is 0.151. The fourth-order valence-corrected chi connectivity index (χ4v) is 2.85. The molecular formula is C17H20FN3. The van der Waals surface area contributed by atoms with Gasteiger partial charge in [0, 0.05) is 38.4 Å². The number of nitrogens with zero attached hydrogens (tertiary/aromatic N) is 2. The Morgan fingerprint density at radius 1 is 1.33 bits per heavy atom. The zero-order valence-corrected chi connectivity index (χ0v) is 12.2. The van der Waals surface area contributed by atoms with Crippen molar-refractivity contribution in [2.24, 2.45) is 0 Å². The maximum Gasteiger partial charge on any atom is 0.123 e. The first-order valence-corrected chi connectivity index (χ1v) is 7.35. The summed E-state index contributed by atoms with van der Waals surface area (Å²) in [5, 5.41) is 3.40. The van der Waals surface area contributed by atoms with Crippen molar-refractivity contribution >= 4 is 0 Å². The topological polar surface area (TPSA) is 28.2 Å². The van der Waals surface area contributed by atoms with Crippen LogP contribution in [0.4, 0.5) is 4.39 Å². The Kier molecular flexibility index (Phi) is 4.27. The highest BCUT2D eigenvalue weighted by Gasteiger charge is 2.24. The molecule has 2 aromatic rings. The molecule has 1 aromatic carbocycles. The van der Waals surface area contributed by atoms with Crippen molar-refractivity contribution in [2.75, 3.05) is 19.6 Å². The Morgan fingerprint density at radius 2 is 2.24 bits per heavy atom. The number of halogens is 1. The van der Waals surface area contributed by atoms with Crippen LogP contribution in [-0.2, 0) is 6.54 Å². The molecule has 110 valence electrons. The Balaban J connectivity index is 1.83. The molecule has 0 bridgehead atoms. The molecule has 0 radical (unpaired) electrons. The number of hydrogen-bond donors (Lipinski definition) is 1. The van der Waals surface area contributed by atoms with E-state index in [-0.39, 0.29) is 11.9 Å². The first-order chi connectivity index (χ1) is 10.2. The van der Waals surface area contributed by atoms with Crippen LogP contribution >= 0.6 is 0 Å². The van der Waals surface area contributed by atoms with Crippen molar-refractivity contribution in [2.45, 2.75) is 19.5 Å². The number of benzene rings is 1. The Morgan fingerprint density at radius 3 is 3.05 bits per heavy atom. The van der Waals surface area contributed by atoms with E-state index in [0.717, 1.165) is 37.4 Å². The fourth-order valence-electron chi connectivity index (χ4n) is 2.85. The molecule has 1 fully saturated rings. The van der Waals surface area contributed by atoms with E-state index in [1.165, 1.54) is 11.6 Å². The molecule has 1 N–H and O–H groups in total. The zero-order chi connectivity index (χ0) is 14.7. The lowest BCUT2D eigenvalue weighted by Crippen LogP contribution is -2.45. The van der Waals surface area contributed by atoms with Gasteiger partial charge < -0.3 is 5.32 Å². The van der Waals surface area contributed by atoms with Gasteiger partial charge in [0.15, 0.2) is 0 Å². The second-order valence-electron chi connectivity index (χ2n) is 5.51. The SMILES string of the molecule is Cc1cccnc1CN1CCNCC1c1cccc(F)c1. The van der Waals surface area contributed by atoms with E-state index in [9.17, 15) is 4.39 Å². The zero-order valence-electron chi connectivity index (χ0n) is 12.2. The Labute approximate surface area is 124 Å². The maximum absolute atomic E-state index is 13.5. The minimum atomic E-state index is -0.174. The molecule has 3 nitrogen and oxygen atoms in total. The molecule has 4 heteroatoms. The van der Waals surface area contributed by atoms with Gasteiger partial charge in [-0.05, 0) is 36.2 Å². The van der Waals surface area contributed by atoms with Crippen molar-refractivity contribution < 1.29 is 4.39 Å². The van der Waals surface area contributed by atoms with Crippen LogP contribution in [0.15, 0.2) is 42.6 Å². The number of piperazine rings is 1. The quantitative estimate of drug-likeness (QED) is 0.940.